The van der Waals surface area contributed by atoms with Crippen LogP contribution >= 0.6 is 23.4 Å². The van der Waals surface area contributed by atoms with Gasteiger partial charge in [0.05, 0.1) is 16.3 Å². The first-order valence-corrected chi connectivity index (χ1v) is 6.37. The van der Waals surface area contributed by atoms with Gasteiger partial charge >= 0.3 is 5.97 Å². The topological polar surface area (TPSA) is 76.2 Å². The Bertz CT molecular complexity index is 585. The number of nitrogens with zero attached hydrogens (tertiary/aromatic N) is 2. The van der Waals surface area contributed by atoms with Crippen molar-refractivity contribution in [3.63, 3.8) is 0 Å². The number of hydrogen-bond donors (Lipinski definition) is 1. The normalized spacial score (nSPS) is 10.6. The average Bonchev–Trinajstić information content (AvgIpc) is 2.74. The van der Waals surface area contributed by atoms with Gasteiger partial charge < -0.3 is 9.63 Å². The maximum absolute atomic E-state index is 10.9. The second kappa shape index (κ2) is 5.41. The van der Waals surface area contributed by atoms with Gasteiger partial charge in [0.15, 0.2) is 5.82 Å². The molecule has 0 aliphatic rings. The van der Waals surface area contributed by atoms with Crippen LogP contribution in [0.25, 0.3) is 0 Å². The molecule has 5 nitrogen and oxygen atoms in total. The molecule has 0 bridgehead atoms. The van der Waals surface area contributed by atoms with Crippen molar-refractivity contribution >= 4 is 29.3 Å². The molecular formula is C11H9ClN2O3S. The van der Waals surface area contributed by atoms with E-state index in [1.807, 2.05) is 0 Å². The highest BCUT2D eigenvalue weighted by molar-refractivity contribution is 7.98. The fourth-order valence-electron chi connectivity index (χ4n) is 1.30. The first-order valence-electron chi connectivity index (χ1n) is 5.01. The molecule has 2 rings (SSSR count). The van der Waals surface area contributed by atoms with Crippen molar-refractivity contribution in [1.82, 2.24) is 10.1 Å². The molecule has 0 saturated carbocycles. The minimum Gasteiger partial charge on any atom is -0.478 e. The zero-order valence-corrected chi connectivity index (χ0v) is 11.0. The Balaban J connectivity index is 2.10. The summed E-state index contributed by atoms with van der Waals surface area (Å²) < 4.78 is 4.96. The van der Waals surface area contributed by atoms with E-state index in [4.69, 9.17) is 21.2 Å². The average molecular weight is 285 g/mol. The van der Waals surface area contributed by atoms with Crippen LogP contribution in [-0.2, 0) is 5.75 Å². The molecule has 0 amide bonds. The van der Waals surface area contributed by atoms with Crippen LogP contribution < -0.4 is 0 Å². The van der Waals surface area contributed by atoms with Crippen LogP contribution in [0.15, 0.2) is 27.6 Å². The van der Waals surface area contributed by atoms with Crippen LogP contribution in [0.3, 0.4) is 0 Å². The summed E-state index contributed by atoms with van der Waals surface area (Å²) in [5.41, 5.74) is 0.0865. The smallest absolute Gasteiger partial charge is 0.337 e. The van der Waals surface area contributed by atoms with E-state index in [2.05, 4.69) is 10.1 Å². The van der Waals surface area contributed by atoms with Crippen LogP contribution in [0, 0.1) is 6.92 Å². The summed E-state index contributed by atoms with van der Waals surface area (Å²) in [5.74, 6) is 0.523. The van der Waals surface area contributed by atoms with Crippen LogP contribution in [0.1, 0.15) is 22.1 Å². The number of hydrogen-bond acceptors (Lipinski definition) is 5. The predicted octanol–water partition coefficient (Wildman–Crippen LogP) is 3.02. The molecule has 1 heterocycles. The van der Waals surface area contributed by atoms with Gasteiger partial charge in [0, 0.05) is 4.90 Å². The van der Waals surface area contributed by atoms with Crippen molar-refractivity contribution < 1.29 is 14.4 Å². The zero-order chi connectivity index (χ0) is 13.1. The van der Waals surface area contributed by atoms with Gasteiger partial charge in [-0.1, -0.05) is 16.8 Å². The Morgan fingerprint density at radius 2 is 2.33 bits per heavy atom. The molecular weight excluding hydrogens is 276 g/mol. The van der Waals surface area contributed by atoms with Crippen molar-refractivity contribution in [2.45, 2.75) is 17.6 Å². The van der Waals surface area contributed by atoms with Crippen molar-refractivity contribution in [2.24, 2.45) is 0 Å². The number of aromatic carboxylic acids is 1. The maximum Gasteiger partial charge on any atom is 0.337 e. The van der Waals surface area contributed by atoms with Crippen molar-refractivity contribution in [3.8, 4) is 0 Å². The number of carbonyl (C=O) groups is 1. The molecule has 18 heavy (non-hydrogen) atoms. The molecule has 0 saturated heterocycles. The van der Waals surface area contributed by atoms with E-state index in [-0.39, 0.29) is 10.6 Å². The third-order valence-corrected chi connectivity index (χ3v) is 3.41. The summed E-state index contributed by atoms with van der Waals surface area (Å²) in [6.07, 6.45) is 0. The lowest BCUT2D eigenvalue weighted by molar-refractivity contribution is 0.0697. The molecule has 0 aliphatic carbocycles. The summed E-state index contributed by atoms with van der Waals surface area (Å²) >= 11 is 7.19. The Morgan fingerprint density at radius 3 is 2.94 bits per heavy atom. The lowest BCUT2D eigenvalue weighted by atomic mass is 10.2. The number of thioether (sulfide) groups is 1. The molecule has 0 fully saturated rings. The number of aryl methyl sites for hydroxylation is 1. The Morgan fingerprint density at radius 1 is 1.56 bits per heavy atom. The number of rotatable bonds is 4. The van der Waals surface area contributed by atoms with Crippen LogP contribution in [0.4, 0.5) is 0 Å². The molecule has 0 spiro atoms. The molecule has 2 aromatic rings. The zero-order valence-electron chi connectivity index (χ0n) is 9.38. The SMILES string of the molecule is Cc1noc(CSc2ccc(Cl)c(C(=O)O)c2)n1. The van der Waals surface area contributed by atoms with Crippen LogP contribution in [-0.4, -0.2) is 21.2 Å². The van der Waals surface area contributed by atoms with Gasteiger partial charge in [0.1, 0.15) is 0 Å². The highest BCUT2D eigenvalue weighted by Gasteiger charge is 2.10. The number of carboxylic acids is 1. The van der Waals surface area contributed by atoms with Crippen molar-refractivity contribution in [2.75, 3.05) is 0 Å². The van der Waals surface area contributed by atoms with Crippen molar-refractivity contribution in [1.29, 1.82) is 0 Å². The van der Waals surface area contributed by atoms with Crippen LogP contribution in [0.2, 0.25) is 5.02 Å². The maximum atomic E-state index is 10.9. The first kappa shape index (κ1) is 12.9. The number of benzene rings is 1. The Kier molecular flexibility index (Phi) is 3.88. The standard InChI is InChI=1S/C11H9ClN2O3S/c1-6-13-10(17-14-6)5-18-7-2-3-9(12)8(4-7)11(15)16/h2-4H,5H2,1H3,(H,15,16). The number of carboxylic acid groups (broad SMARTS) is 1. The van der Waals surface area contributed by atoms with E-state index in [1.54, 1.807) is 19.1 Å². The second-order valence-corrected chi connectivity index (χ2v) is 4.93. The molecule has 1 aromatic carbocycles. The lowest BCUT2D eigenvalue weighted by Crippen LogP contribution is -1.97. The highest BCUT2D eigenvalue weighted by atomic mass is 35.5. The van der Waals surface area contributed by atoms with E-state index in [9.17, 15) is 4.79 Å². The van der Waals surface area contributed by atoms with E-state index >= 15 is 0 Å². The van der Waals surface area contributed by atoms with Crippen molar-refractivity contribution in [3.05, 3.63) is 40.5 Å². The summed E-state index contributed by atoms with van der Waals surface area (Å²) in [6.45, 7) is 1.74. The molecule has 1 aromatic heterocycles. The van der Waals surface area contributed by atoms with E-state index in [1.165, 1.54) is 17.8 Å². The Labute approximate surface area is 112 Å². The molecule has 7 heteroatoms. The van der Waals surface area contributed by atoms with E-state index in [0.29, 0.717) is 17.5 Å². The molecule has 94 valence electrons. The second-order valence-electron chi connectivity index (χ2n) is 3.47. The third-order valence-electron chi connectivity index (χ3n) is 2.10. The molecule has 0 aliphatic heterocycles. The minimum absolute atomic E-state index is 0.0865. The summed E-state index contributed by atoms with van der Waals surface area (Å²) in [5, 5.41) is 12.8. The molecule has 0 atom stereocenters. The van der Waals surface area contributed by atoms with Gasteiger partial charge in [0.25, 0.3) is 0 Å². The van der Waals surface area contributed by atoms with Crippen LogP contribution in [0.5, 0.6) is 0 Å². The van der Waals surface area contributed by atoms with Gasteiger partial charge in [0.2, 0.25) is 5.89 Å². The summed E-state index contributed by atoms with van der Waals surface area (Å²) in [6, 6.07) is 4.84. The largest absolute Gasteiger partial charge is 0.478 e. The number of halogens is 1. The predicted molar refractivity (Wildman–Crippen MR) is 67.0 cm³/mol. The summed E-state index contributed by atoms with van der Waals surface area (Å²) in [4.78, 5) is 15.8. The van der Waals surface area contributed by atoms with E-state index < -0.39 is 5.97 Å². The Hall–Kier alpha value is -1.53. The fraction of sp³-hybridized carbons (Fsp3) is 0.182. The van der Waals surface area contributed by atoms with Gasteiger partial charge in [-0.3, -0.25) is 0 Å². The monoisotopic (exact) mass is 284 g/mol. The molecule has 0 unspecified atom stereocenters. The summed E-state index contributed by atoms with van der Waals surface area (Å²) in [7, 11) is 0. The minimum atomic E-state index is -1.05. The fourth-order valence-corrected chi connectivity index (χ4v) is 2.27. The van der Waals surface area contributed by atoms with E-state index in [0.717, 1.165) is 4.90 Å². The quantitative estimate of drug-likeness (QED) is 0.870. The van der Waals surface area contributed by atoms with Gasteiger partial charge in [-0.25, -0.2) is 4.79 Å². The third kappa shape index (κ3) is 3.02. The molecule has 0 radical (unpaired) electrons. The number of aromatic nitrogens is 2. The first-order chi connectivity index (χ1) is 8.56. The van der Waals surface area contributed by atoms with Gasteiger partial charge in [-0.05, 0) is 25.1 Å². The van der Waals surface area contributed by atoms with Gasteiger partial charge in [-0.15, -0.1) is 11.8 Å². The highest BCUT2D eigenvalue weighted by Crippen LogP contribution is 2.26. The lowest BCUT2D eigenvalue weighted by Gasteiger charge is -2.02. The molecule has 1 N–H and O–H groups in total. The van der Waals surface area contributed by atoms with Gasteiger partial charge in [-0.2, -0.15) is 4.98 Å².